The monoisotopic (exact) mass is 409 g/mol. The van der Waals surface area contributed by atoms with Gasteiger partial charge in [0.2, 0.25) is 0 Å². The van der Waals surface area contributed by atoms with E-state index in [4.69, 9.17) is 16.3 Å². The summed E-state index contributed by atoms with van der Waals surface area (Å²) in [6.45, 7) is -0.0867. The summed E-state index contributed by atoms with van der Waals surface area (Å²) in [6.07, 6.45) is 2.45. The number of hydrogen-bond donors (Lipinski definition) is 2. The molecule has 4 rings (SSSR count). The highest BCUT2D eigenvalue weighted by Crippen LogP contribution is 2.33. The second-order valence-electron chi connectivity index (χ2n) is 7.49. The summed E-state index contributed by atoms with van der Waals surface area (Å²) in [4.78, 5) is 4.39. The molecule has 0 amide bonds. The Kier molecular flexibility index (Phi) is 6.26. The van der Waals surface area contributed by atoms with Crippen molar-refractivity contribution in [3.8, 4) is 11.3 Å². The van der Waals surface area contributed by atoms with Crippen LogP contribution in [0.15, 0.2) is 66.9 Å². The molecule has 1 fully saturated rings. The number of halogens is 1. The van der Waals surface area contributed by atoms with Gasteiger partial charge < -0.3 is 14.9 Å². The average Bonchev–Trinajstić information content (AvgIpc) is 2.76. The van der Waals surface area contributed by atoms with Crippen molar-refractivity contribution in [2.24, 2.45) is 0 Å². The lowest BCUT2D eigenvalue weighted by Crippen LogP contribution is -2.33. The van der Waals surface area contributed by atoms with Gasteiger partial charge in [0.05, 0.1) is 30.6 Å². The predicted octanol–water partition coefficient (Wildman–Crippen LogP) is 4.57. The van der Waals surface area contributed by atoms with E-state index in [9.17, 15) is 10.2 Å². The summed E-state index contributed by atoms with van der Waals surface area (Å²) in [6, 6.07) is 20.1. The highest BCUT2D eigenvalue weighted by Gasteiger charge is 2.29. The van der Waals surface area contributed by atoms with E-state index in [1.807, 2.05) is 36.4 Å². The maximum atomic E-state index is 10.1. The number of ether oxygens (including phenoxy) is 1. The zero-order valence-electron chi connectivity index (χ0n) is 16.0. The summed E-state index contributed by atoms with van der Waals surface area (Å²) >= 11 is 6.46. The number of aromatic nitrogens is 1. The summed E-state index contributed by atoms with van der Waals surface area (Å²) in [5, 5.41) is 20.2. The van der Waals surface area contributed by atoms with Crippen LogP contribution in [-0.4, -0.2) is 34.0 Å². The zero-order chi connectivity index (χ0) is 20.2. The van der Waals surface area contributed by atoms with Gasteiger partial charge in [0.25, 0.3) is 0 Å². The summed E-state index contributed by atoms with van der Waals surface area (Å²) < 4.78 is 5.94. The fraction of sp³-hybridized carbons (Fsp3) is 0.292. The lowest BCUT2D eigenvalue weighted by atomic mass is 9.94. The lowest BCUT2D eigenvalue weighted by molar-refractivity contribution is -0.113. The lowest BCUT2D eigenvalue weighted by Gasteiger charge is -2.32. The molecule has 0 radical (unpaired) electrons. The Labute approximate surface area is 175 Å². The van der Waals surface area contributed by atoms with Crippen molar-refractivity contribution in [2.45, 2.75) is 37.6 Å². The first-order valence-corrected chi connectivity index (χ1v) is 10.2. The second-order valence-corrected chi connectivity index (χ2v) is 7.90. The van der Waals surface area contributed by atoms with E-state index in [2.05, 4.69) is 29.2 Å². The van der Waals surface area contributed by atoms with Gasteiger partial charge in [0.15, 0.2) is 0 Å². The maximum Gasteiger partial charge on any atom is 0.0854 e. The zero-order valence-corrected chi connectivity index (χ0v) is 16.8. The van der Waals surface area contributed by atoms with Gasteiger partial charge in [-0.3, -0.25) is 4.98 Å². The topological polar surface area (TPSA) is 62.6 Å². The number of hydrogen-bond acceptors (Lipinski definition) is 4. The number of aliphatic hydroxyl groups excluding tert-OH is 2. The summed E-state index contributed by atoms with van der Waals surface area (Å²) in [5.41, 5.74) is 5.17. The number of aliphatic hydroxyl groups is 2. The van der Waals surface area contributed by atoms with Crippen LogP contribution in [-0.2, 0) is 11.2 Å². The minimum absolute atomic E-state index is 0.0867. The molecule has 1 aromatic heterocycles. The van der Waals surface area contributed by atoms with Crippen LogP contribution >= 0.6 is 11.6 Å². The Morgan fingerprint density at radius 2 is 1.86 bits per heavy atom. The normalized spacial score (nSPS) is 21.8. The number of rotatable bonds is 5. The molecule has 3 atom stereocenters. The van der Waals surface area contributed by atoms with Crippen LogP contribution in [0.4, 0.5) is 0 Å². The molecular formula is C24H24ClNO3. The third-order valence-corrected chi connectivity index (χ3v) is 5.70. The molecule has 3 aromatic rings. The molecule has 0 saturated carbocycles. The Hall–Kier alpha value is -2.24. The van der Waals surface area contributed by atoms with Gasteiger partial charge in [-0.1, -0.05) is 54.1 Å². The van der Waals surface area contributed by atoms with Crippen LogP contribution in [0.5, 0.6) is 0 Å². The van der Waals surface area contributed by atoms with Crippen molar-refractivity contribution in [3.05, 3.63) is 88.6 Å². The molecule has 1 aliphatic rings. The molecule has 0 aliphatic carbocycles. The van der Waals surface area contributed by atoms with E-state index in [-0.39, 0.29) is 18.8 Å². The highest BCUT2D eigenvalue weighted by molar-refractivity contribution is 6.31. The van der Waals surface area contributed by atoms with Gasteiger partial charge in [0.1, 0.15) is 0 Å². The number of pyridine rings is 1. The molecule has 0 unspecified atom stereocenters. The molecule has 150 valence electrons. The van der Waals surface area contributed by atoms with Crippen molar-refractivity contribution in [3.63, 3.8) is 0 Å². The molecule has 4 nitrogen and oxygen atoms in total. The number of nitrogens with zero attached hydrogens (tertiary/aromatic N) is 1. The average molecular weight is 410 g/mol. The van der Waals surface area contributed by atoms with Crippen molar-refractivity contribution in [1.82, 2.24) is 4.98 Å². The first-order valence-electron chi connectivity index (χ1n) is 9.85. The van der Waals surface area contributed by atoms with Crippen LogP contribution < -0.4 is 0 Å². The van der Waals surface area contributed by atoms with Crippen LogP contribution in [0.25, 0.3) is 11.3 Å². The quantitative estimate of drug-likeness (QED) is 0.648. The van der Waals surface area contributed by atoms with Gasteiger partial charge in [-0.2, -0.15) is 0 Å². The van der Waals surface area contributed by atoms with Crippen molar-refractivity contribution in [2.75, 3.05) is 6.61 Å². The first kappa shape index (κ1) is 20.0. The highest BCUT2D eigenvalue weighted by atomic mass is 35.5. The molecule has 2 heterocycles. The smallest absolute Gasteiger partial charge is 0.0854 e. The van der Waals surface area contributed by atoms with E-state index in [1.54, 1.807) is 6.20 Å². The second kappa shape index (κ2) is 9.06. The molecule has 1 aliphatic heterocycles. The minimum Gasteiger partial charge on any atom is -0.394 e. The largest absolute Gasteiger partial charge is 0.394 e. The molecular weight excluding hydrogens is 386 g/mol. The van der Waals surface area contributed by atoms with Crippen LogP contribution in [0, 0.1) is 0 Å². The van der Waals surface area contributed by atoms with E-state index >= 15 is 0 Å². The minimum atomic E-state index is -0.468. The standard InChI is InChI=1S/C24H24ClNO3/c25-22-9-8-18(24-14-20(28)13-21(15-27)29-24)12-19(22)11-16-4-6-17(7-5-16)23-3-1-2-10-26-23/h1-10,12,20-21,24,27-28H,11,13-15H2/t20-,21-,24+/m0/s1. The summed E-state index contributed by atoms with van der Waals surface area (Å²) in [5.74, 6) is 0. The van der Waals surface area contributed by atoms with Crippen molar-refractivity contribution in [1.29, 1.82) is 0 Å². The van der Waals surface area contributed by atoms with E-state index in [1.165, 1.54) is 0 Å². The van der Waals surface area contributed by atoms with Crippen molar-refractivity contribution < 1.29 is 14.9 Å². The Balaban J connectivity index is 1.52. The Morgan fingerprint density at radius 3 is 2.59 bits per heavy atom. The van der Waals surface area contributed by atoms with E-state index < -0.39 is 6.10 Å². The van der Waals surface area contributed by atoms with Gasteiger partial charge in [0, 0.05) is 29.6 Å². The maximum absolute atomic E-state index is 10.1. The molecule has 29 heavy (non-hydrogen) atoms. The van der Waals surface area contributed by atoms with Crippen LogP contribution in [0.2, 0.25) is 5.02 Å². The predicted molar refractivity (Wildman–Crippen MR) is 114 cm³/mol. The molecule has 0 bridgehead atoms. The Bertz CT molecular complexity index is 946. The Morgan fingerprint density at radius 1 is 1.03 bits per heavy atom. The fourth-order valence-electron chi connectivity index (χ4n) is 3.80. The van der Waals surface area contributed by atoms with Crippen LogP contribution in [0.3, 0.4) is 0 Å². The fourth-order valence-corrected chi connectivity index (χ4v) is 3.98. The molecule has 0 spiro atoms. The molecule has 1 saturated heterocycles. The third kappa shape index (κ3) is 4.85. The first-order chi connectivity index (χ1) is 14.1. The van der Waals surface area contributed by atoms with Crippen molar-refractivity contribution >= 4 is 11.6 Å². The van der Waals surface area contributed by atoms with Gasteiger partial charge in [-0.05, 0) is 41.3 Å². The van der Waals surface area contributed by atoms with Gasteiger partial charge in [-0.15, -0.1) is 0 Å². The SMILES string of the molecule is OC[C@@H]1C[C@H](O)C[C@H](c2ccc(Cl)c(Cc3ccc(-c4ccccn4)cc3)c2)O1. The number of benzene rings is 2. The van der Waals surface area contributed by atoms with Crippen LogP contribution in [0.1, 0.15) is 35.6 Å². The van der Waals surface area contributed by atoms with E-state index in [0.717, 1.165) is 27.9 Å². The van der Waals surface area contributed by atoms with E-state index in [0.29, 0.717) is 24.3 Å². The van der Waals surface area contributed by atoms with Gasteiger partial charge >= 0.3 is 0 Å². The molecule has 5 heteroatoms. The molecule has 2 aromatic carbocycles. The third-order valence-electron chi connectivity index (χ3n) is 5.33. The summed E-state index contributed by atoms with van der Waals surface area (Å²) in [7, 11) is 0. The van der Waals surface area contributed by atoms with Gasteiger partial charge in [-0.25, -0.2) is 0 Å². The molecule has 2 N–H and O–H groups in total.